The molecule has 0 radical (unpaired) electrons. The monoisotopic (exact) mass is 280 g/mol. The third-order valence-corrected chi connectivity index (χ3v) is 3.19. The lowest BCUT2D eigenvalue weighted by Gasteiger charge is -2.07. The molecule has 3 aromatic rings. The van der Waals surface area contributed by atoms with Crippen LogP contribution in [-0.4, -0.2) is 4.98 Å². The Hall–Kier alpha value is -2.57. The van der Waals surface area contributed by atoms with Gasteiger partial charge in [0.2, 0.25) is 0 Å². The van der Waals surface area contributed by atoms with Crippen LogP contribution in [-0.2, 0) is 0 Å². The maximum atomic E-state index is 8.83. The average Bonchev–Trinajstić information content (AvgIpc) is 2.47. The maximum Gasteiger partial charge on any atom is 0.129 e. The first-order valence-corrected chi connectivity index (χ1v) is 6.36. The molecule has 0 bridgehead atoms. The van der Waals surface area contributed by atoms with Crippen LogP contribution in [0.4, 0.5) is 0 Å². The lowest BCUT2D eigenvalue weighted by atomic mass is 10.2. The van der Waals surface area contributed by atoms with Crippen LogP contribution in [0, 0.1) is 11.3 Å². The Morgan fingerprint density at radius 3 is 2.65 bits per heavy atom. The zero-order valence-corrected chi connectivity index (χ0v) is 11.1. The fraction of sp³-hybridized carbons (Fsp3) is 0. The highest BCUT2D eigenvalue weighted by Crippen LogP contribution is 2.28. The smallest absolute Gasteiger partial charge is 0.129 e. The first-order chi connectivity index (χ1) is 9.76. The molecular formula is C16H9ClN2O. The minimum Gasteiger partial charge on any atom is -0.457 e. The summed E-state index contributed by atoms with van der Waals surface area (Å²) in [5.74, 6) is 1.27. The van der Waals surface area contributed by atoms with Gasteiger partial charge in [0.15, 0.2) is 0 Å². The zero-order valence-electron chi connectivity index (χ0n) is 10.4. The highest BCUT2D eigenvalue weighted by Gasteiger charge is 2.04. The summed E-state index contributed by atoms with van der Waals surface area (Å²) in [7, 11) is 0. The number of benzene rings is 2. The standard InChI is InChI=1S/C16H9ClN2O/c17-15-8-13(6-4-12(15)10-18)20-14-5-3-11-2-1-7-19-16(11)9-14/h1-9H. The third kappa shape index (κ3) is 2.42. The SMILES string of the molecule is N#Cc1ccc(Oc2ccc3cccnc3c2)cc1Cl. The lowest BCUT2D eigenvalue weighted by molar-refractivity contribution is 0.483. The largest absolute Gasteiger partial charge is 0.457 e. The van der Waals surface area contributed by atoms with Gasteiger partial charge in [-0.15, -0.1) is 0 Å². The number of hydrogen-bond donors (Lipinski definition) is 0. The maximum absolute atomic E-state index is 8.83. The van der Waals surface area contributed by atoms with Gasteiger partial charge < -0.3 is 4.74 Å². The summed E-state index contributed by atoms with van der Waals surface area (Å²) >= 11 is 5.98. The second-order valence-electron chi connectivity index (χ2n) is 4.21. The van der Waals surface area contributed by atoms with E-state index in [1.165, 1.54) is 0 Å². The first-order valence-electron chi connectivity index (χ1n) is 5.98. The molecule has 0 spiro atoms. The molecule has 0 fully saturated rings. The van der Waals surface area contributed by atoms with E-state index in [1.807, 2.05) is 36.4 Å². The third-order valence-electron chi connectivity index (χ3n) is 2.87. The Labute approximate surface area is 121 Å². The Bertz CT molecular complexity index is 824. The van der Waals surface area contributed by atoms with Crippen molar-refractivity contribution in [1.29, 1.82) is 5.26 Å². The number of nitriles is 1. The number of aromatic nitrogens is 1. The number of ether oxygens (including phenoxy) is 1. The van der Waals surface area contributed by atoms with Gasteiger partial charge in [0, 0.05) is 23.7 Å². The minimum atomic E-state index is 0.379. The quantitative estimate of drug-likeness (QED) is 0.691. The molecular weight excluding hydrogens is 272 g/mol. The Balaban J connectivity index is 1.93. The van der Waals surface area contributed by atoms with Crippen LogP contribution in [0.15, 0.2) is 54.7 Å². The molecule has 0 saturated heterocycles. The number of hydrogen-bond acceptors (Lipinski definition) is 3. The molecule has 0 aliphatic rings. The van der Waals surface area contributed by atoms with E-state index >= 15 is 0 Å². The molecule has 4 heteroatoms. The van der Waals surface area contributed by atoms with Gasteiger partial charge in [0.1, 0.15) is 17.6 Å². The summed E-state index contributed by atoms with van der Waals surface area (Å²) in [6.07, 6.45) is 1.74. The Morgan fingerprint density at radius 1 is 1.05 bits per heavy atom. The molecule has 1 heterocycles. The van der Waals surface area contributed by atoms with E-state index < -0.39 is 0 Å². The van der Waals surface area contributed by atoms with Crippen molar-refractivity contribution in [2.45, 2.75) is 0 Å². The van der Waals surface area contributed by atoms with E-state index in [0.29, 0.717) is 22.1 Å². The lowest BCUT2D eigenvalue weighted by Crippen LogP contribution is -1.86. The summed E-state index contributed by atoms with van der Waals surface area (Å²) in [6, 6.07) is 16.6. The fourth-order valence-electron chi connectivity index (χ4n) is 1.90. The van der Waals surface area contributed by atoms with Gasteiger partial charge in [0.05, 0.1) is 16.1 Å². The summed E-state index contributed by atoms with van der Waals surface area (Å²) in [5, 5.41) is 10.3. The fourth-order valence-corrected chi connectivity index (χ4v) is 2.11. The summed E-state index contributed by atoms with van der Waals surface area (Å²) in [6.45, 7) is 0. The van der Waals surface area contributed by atoms with E-state index in [4.69, 9.17) is 21.6 Å². The van der Waals surface area contributed by atoms with Crippen molar-refractivity contribution in [3.05, 3.63) is 65.3 Å². The molecule has 0 saturated carbocycles. The molecule has 0 unspecified atom stereocenters. The molecule has 0 atom stereocenters. The highest BCUT2D eigenvalue weighted by molar-refractivity contribution is 6.31. The summed E-state index contributed by atoms with van der Waals surface area (Å²) in [4.78, 5) is 4.28. The van der Waals surface area contributed by atoms with Crippen LogP contribution in [0.1, 0.15) is 5.56 Å². The van der Waals surface area contributed by atoms with Gasteiger partial charge >= 0.3 is 0 Å². The van der Waals surface area contributed by atoms with Gasteiger partial charge in [-0.2, -0.15) is 5.26 Å². The van der Waals surface area contributed by atoms with Crippen molar-refractivity contribution in [3.63, 3.8) is 0 Å². The van der Waals surface area contributed by atoms with Crippen molar-refractivity contribution in [2.75, 3.05) is 0 Å². The van der Waals surface area contributed by atoms with Crippen molar-refractivity contribution in [2.24, 2.45) is 0 Å². The van der Waals surface area contributed by atoms with E-state index in [9.17, 15) is 0 Å². The molecule has 0 N–H and O–H groups in total. The molecule has 1 aromatic heterocycles. The van der Waals surface area contributed by atoms with E-state index in [1.54, 1.807) is 24.4 Å². The van der Waals surface area contributed by atoms with Crippen molar-refractivity contribution in [3.8, 4) is 17.6 Å². The van der Waals surface area contributed by atoms with E-state index in [2.05, 4.69) is 4.98 Å². The van der Waals surface area contributed by atoms with Crippen LogP contribution >= 0.6 is 11.6 Å². The van der Waals surface area contributed by atoms with Gasteiger partial charge in [0.25, 0.3) is 0 Å². The number of halogens is 1. The molecule has 0 aliphatic carbocycles. The second kappa shape index (κ2) is 5.20. The number of fused-ring (bicyclic) bond motifs is 1. The molecule has 2 aromatic carbocycles. The van der Waals surface area contributed by atoms with Crippen LogP contribution in [0.2, 0.25) is 5.02 Å². The minimum absolute atomic E-state index is 0.379. The van der Waals surface area contributed by atoms with Crippen molar-refractivity contribution in [1.82, 2.24) is 4.98 Å². The van der Waals surface area contributed by atoms with Crippen LogP contribution in [0.25, 0.3) is 10.9 Å². The molecule has 20 heavy (non-hydrogen) atoms. The van der Waals surface area contributed by atoms with Crippen LogP contribution in [0.3, 0.4) is 0 Å². The molecule has 0 aliphatic heterocycles. The van der Waals surface area contributed by atoms with Crippen molar-refractivity contribution >= 4 is 22.5 Å². The zero-order chi connectivity index (χ0) is 13.9. The van der Waals surface area contributed by atoms with Crippen LogP contribution < -0.4 is 4.74 Å². The van der Waals surface area contributed by atoms with Gasteiger partial charge in [-0.1, -0.05) is 17.7 Å². The Morgan fingerprint density at radius 2 is 1.85 bits per heavy atom. The number of pyridine rings is 1. The normalized spacial score (nSPS) is 10.2. The van der Waals surface area contributed by atoms with Crippen molar-refractivity contribution < 1.29 is 4.74 Å². The summed E-state index contributed by atoms with van der Waals surface area (Å²) in [5.41, 5.74) is 1.30. The average molecular weight is 281 g/mol. The number of nitrogens with zero attached hydrogens (tertiary/aromatic N) is 2. The predicted octanol–water partition coefficient (Wildman–Crippen LogP) is 4.55. The highest BCUT2D eigenvalue weighted by atomic mass is 35.5. The molecule has 3 rings (SSSR count). The number of rotatable bonds is 2. The second-order valence-corrected chi connectivity index (χ2v) is 4.62. The van der Waals surface area contributed by atoms with Crippen LogP contribution in [0.5, 0.6) is 11.5 Å². The summed E-state index contributed by atoms with van der Waals surface area (Å²) < 4.78 is 5.73. The van der Waals surface area contributed by atoms with E-state index in [0.717, 1.165) is 10.9 Å². The first kappa shape index (κ1) is 12.5. The predicted molar refractivity (Wildman–Crippen MR) is 78.0 cm³/mol. The molecule has 3 nitrogen and oxygen atoms in total. The van der Waals surface area contributed by atoms with Gasteiger partial charge in [-0.25, -0.2) is 0 Å². The topological polar surface area (TPSA) is 45.9 Å². The van der Waals surface area contributed by atoms with E-state index in [-0.39, 0.29) is 0 Å². The van der Waals surface area contributed by atoms with Gasteiger partial charge in [-0.05, 0) is 30.3 Å². The molecule has 96 valence electrons. The molecule has 0 amide bonds. The Kier molecular flexibility index (Phi) is 3.24. The van der Waals surface area contributed by atoms with Gasteiger partial charge in [-0.3, -0.25) is 4.98 Å².